The van der Waals surface area contributed by atoms with Gasteiger partial charge in [0.2, 0.25) is 11.8 Å². The summed E-state index contributed by atoms with van der Waals surface area (Å²) in [5.74, 6) is -0.871. The molecule has 3 N–H and O–H groups in total. The molecule has 0 fully saturated rings. The molecule has 0 aliphatic heterocycles. The van der Waals surface area contributed by atoms with Crippen molar-refractivity contribution in [3.8, 4) is 5.75 Å². The highest BCUT2D eigenvalue weighted by molar-refractivity contribution is 5.97. The fourth-order valence-corrected chi connectivity index (χ4v) is 2.55. The minimum Gasteiger partial charge on any atom is -0.497 e. The molecule has 0 saturated carbocycles. The van der Waals surface area contributed by atoms with Crippen molar-refractivity contribution in [1.29, 1.82) is 0 Å². The molecule has 0 aliphatic rings. The van der Waals surface area contributed by atoms with Crippen molar-refractivity contribution >= 4 is 17.8 Å². The van der Waals surface area contributed by atoms with Crippen LogP contribution in [-0.2, 0) is 20.8 Å². The SMILES string of the molecule is CNC(=O)C(Cc1ccc(OC)cc1)NC(=O)C(=CCC(=O)O)CC(C)C. The summed E-state index contributed by atoms with van der Waals surface area (Å²) in [6.45, 7) is 3.88. The first kappa shape index (κ1) is 22.2. The fourth-order valence-electron chi connectivity index (χ4n) is 2.55. The highest BCUT2D eigenvalue weighted by atomic mass is 16.5. The number of benzene rings is 1. The largest absolute Gasteiger partial charge is 0.497 e. The monoisotopic (exact) mass is 376 g/mol. The maximum Gasteiger partial charge on any atom is 0.307 e. The van der Waals surface area contributed by atoms with Gasteiger partial charge in [0.05, 0.1) is 13.5 Å². The molecular formula is C20H28N2O5. The molecule has 1 aromatic rings. The zero-order chi connectivity index (χ0) is 20.4. The van der Waals surface area contributed by atoms with Crippen molar-refractivity contribution in [2.75, 3.05) is 14.2 Å². The summed E-state index contributed by atoms with van der Waals surface area (Å²) in [4.78, 5) is 35.7. The highest BCUT2D eigenvalue weighted by Gasteiger charge is 2.22. The van der Waals surface area contributed by atoms with E-state index in [0.717, 1.165) is 5.56 Å². The molecule has 1 rings (SSSR count). The maximum absolute atomic E-state index is 12.6. The molecule has 2 amide bonds. The second kappa shape index (κ2) is 11.0. The minimum absolute atomic E-state index is 0.177. The number of hydrogen-bond acceptors (Lipinski definition) is 4. The van der Waals surface area contributed by atoms with Gasteiger partial charge in [-0.25, -0.2) is 0 Å². The van der Waals surface area contributed by atoms with Gasteiger partial charge in [0.25, 0.3) is 0 Å². The van der Waals surface area contributed by atoms with E-state index in [1.54, 1.807) is 19.2 Å². The number of carboxylic acids is 1. The first-order valence-electron chi connectivity index (χ1n) is 8.83. The van der Waals surface area contributed by atoms with Gasteiger partial charge in [0.15, 0.2) is 0 Å². The first-order chi connectivity index (χ1) is 12.8. The molecule has 0 spiro atoms. The third-order valence-corrected chi connectivity index (χ3v) is 3.91. The Labute approximate surface area is 159 Å². The van der Waals surface area contributed by atoms with Gasteiger partial charge < -0.3 is 20.5 Å². The average molecular weight is 376 g/mol. The maximum atomic E-state index is 12.6. The van der Waals surface area contributed by atoms with Crippen molar-refractivity contribution in [2.24, 2.45) is 5.92 Å². The van der Waals surface area contributed by atoms with Gasteiger partial charge in [-0.2, -0.15) is 0 Å². The summed E-state index contributed by atoms with van der Waals surface area (Å²) in [7, 11) is 3.08. The lowest BCUT2D eigenvalue weighted by molar-refractivity contribution is -0.136. The van der Waals surface area contributed by atoms with Crippen molar-refractivity contribution in [3.05, 3.63) is 41.5 Å². The summed E-state index contributed by atoms with van der Waals surface area (Å²) < 4.78 is 5.12. The van der Waals surface area contributed by atoms with E-state index in [1.807, 2.05) is 26.0 Å². The van der Waals surface area contributed by atoms with E-state index in [-0.39, 0.29) is 18.2 Å². The topological polar surface area (TPSA) is 105 Å². The number of carbonyl (C=O) groups excluding carboxylic acids is 2. The Balaban J connectivity index is 2.94. The minimum atomic E-state index is -1.01. The number of methoxy groups -OCH3 is 1. The molecule has 0 bridgehead atoms. The summed E-state index contributed by atoms with van der Waals surface area (Å²) in [5.41, 5.74) is 1.24. The van der Waals surface area contributed by atoms with Crippen LogP contribution in [0.3, 0.4) is 0 Å². The number of carbonyl (C=O) groups is 3. The van der Waals surface area contributed by atoms with Crippen LogP contribution in [0.25, 0.3) is 0 Å². The van der Waals surface area contributed by atoms with Gasteiger partial charge in [0.1, 0.15) is 11.8 Å². The van der Waals surface area contributed by atoms with Crippen molar-refractivity contribution in [2.45, 2.75) is 39.2 Å². The van der Waals surface area contributed by atoms with E-state index in [1.165, 1.54) is 13.1 Å². The van der Waals surface area contributed by atoms with Crippen LogP contribution < -0.4 is 15.4 Å². The predicted molar refractivity (Wildman–Crippen MR) is 102 cm³/mol. The van der Waals surface area contributed by atoms with Crippen LogP contribution in [0, 0.1) is 5.92 Å². The second-order valence-electron chi connectivity index (χ2n) is 6.62. The van der Waals surface area contributed by atoms with Crippen LogP contribution in [0.15, 0.2) is 35.9 Å². The Morgan fingerprint density at radius 2 is 1.81 bits per heavy atom. The average Bonchev–Trinajstić information content (AvgIpc) is 2.63. The molecule has 0 aliphatic carbocycles. The summed E-state index contributed by atoms with van der Waals surface area (Å²) in [5, 5.41) is 14.2. The Kier molecular flexibility index (Phi) is 9.05. The molecule has 0 radical (unpaired) electrons. The standard InChI is InChI=1S/C20H28N2O5/c1-13(2)11-15(7-10-18(23)24)19(25)22-17(20(26)21-3)12-14-5-8-16(27-4)9-6-14/h5-9,13,17H,10-12H2,1-4H3,(H,21,26)(H,22,25)(H,23,24). The lowest BCUT2D eigenvalue weighted by Crippen LogP contribution is -2.47. The number of carboxylic acid groups (broad SMARTS) is 1. The van der Waals surface area contributed by atoms with Crippen LogP contribution in [0.4, 0.5) is 0 Å². The smallest absolute Gasteiger partial charge is 0.307 e. The van der Waals surface area contributed by atoms with Crippen molar-refractivity contribution in [3.63, 3.8) is 0 Å². The quantitative estimate of drug-likeness (QED) is 0.541. The number of nitrogens with one attached hydrogen (secondary N) is 2. The number of likely N-dealkylation sites (N-methyl/N-ethyl adjacent to an activating group) is 1. The third kappa shape index (κ3) is 7.94. The van der Waals surface area contributed by atoms with Crippen LogP contribution in [0.1, 0.15) is 32.3 Å². The normalized spacial score (nSPS) is 12.4. The van der Waals surface area contributed by atoms with Crippen molar-refractivity contribution < 1.29 is 24.2 Å². The Morgan fingerprint density at radius 1 is 1.19 bits per heavy atom. The van der Waals surface area contributed by atoms with Gasteiger partial charge in [-0.3, -0.25) is 14.4 Å². The van der Waals surface area contributed by atoms with Crippen molar-refractivity contribution in [1.82, 2.24) is 10.6 Å². The number of rotatable bonds is 10. The van der Waals surface area contributed by atoms with E-state index in [0.29, 0.717) is 24.2 Å². The number of amides is 2. The molecule has 7 heteroatoms. The first-order valence-corrected chi connectivity index (χ1v) is 8.83. The second-order valence-corrected chi connectivity index (χ2v) is 6.62. The number of ether oxygens (including phenoxy) is 1. The molecule has 7 nitrogen and oxygen atoms in total. The van der Waals surface area contributed by atoms with Crippen LogP contribution >= 0.6 is 0 Å². The molecule has 148 valence electrons. The summed E-state index contributed by atoms with van der Waals surface area (Å²) in [6, 6.07) is 6.47. The van der Waals surface area contributed by atoms with Gasteiger partial charge in [-0.05, 0) is 30.0 Å². The third-order valence-electron chi connectivity index (χ3n) is 3.91. The molecule has 0 aromatic heterocycles. The molecule has 27 heavy (non-hydrogen) atoms. The van der Waals surface area contributed by atoms with E-state index in [4.69, 9.17) is 9.84 Å². The predicted octanol–water partition coefficient (Wildman–Crippen LogP) is 1.92. The van der Waals surface area contributed by atoms with Crippen LogP contribution in [0.2, 0.25) is 0 Å². The summed E-state index contributed by atoms with van der Waals surface area (Å²) in [6.07, 6.45) is 1.91. The lowest BCUT2D eigenvalue weighted by Gasteiger charge is -2.19. The van der Waals surface area contributed by atoms with Crippen LogP contribution in [-0.4, -0.2) is 43.1 Å². The number of hydrogen-bond donors (Lipinski definition) is 3. The zero-order valence-corrected chi connectivity index (χ0v) is 16.2. The molecular weight excluding hydrogens is 348 g/mol. The molecule has 0 saturated heterocycles. The fraction of sp³-hybridized carbons (Fsp3) is 0.450. The zero-order valence-electron chi connectivity index (χ0n) is 16.2. The highest BCUT2D eigenvalue weighted by Crippen LogP contribution is 2.15. The Hall–Kier alpha value is -2.83. The molecule has 1 aromatic carbocycles. The van der Waals surface area contributed by atoms with E-state index < -0.39 is 17.9 Å². The van der Waals surface area contributed by atoms with E-state index in [2.05, 4.69) is 10.6 Å². The van der Waals surface area contributed by atoms with Gasteiger partial charge in [0, 0.05) is 19.0 Å². The summed E-state index contributed by atoms with van der Waals surface area (Å²) >= 11 is 0. The van der Waals surface area contributed by atoms with Gasteiger partial charge in [-0.15, -0.1) is 0 Å². The lowest BCUT2D eigenvalue weighted by atomic mass is 9.99. The Bertz CT molecular complexity index is 680. The van der Waals surface area contributed by atoms with E-state index in [9.17, 15) is 14.4 Å². The number of aliphatic carboxylic acids is 1. The van der Waals surface area contributed by atoms with E-state index >= 15 is 0 Å². The van der Waals surface area contributed by atoms with Crippen LogP contribution in [0.5, 0.6) is 5.75 Å². The Morgan fingerprint density at radius 3 is 2.30 bits per heavy atom. The van der Waals surface area contributed by atoms with Gasteiger partial charge in [-0.1, -0.05) is 32.1 Å². The molecule has 1 unspecified atom stereocenters. The molecule has 1 atom stereocenters. The van der Waals surface area contributed by atoms with Gasteiger partial charge >= 0.3 is 5.97 Å². The molecule has 0 heterocycles.